The minimum absolute atomic E-state index is 0.0249. The van der Waals surface area contributed by atoms with Crippen LogP contribution in [0.3, 0.4) is 0 Å². The maximum Gasteiger partial charge on any atom is 0.291 e. The monoisotopic (exact) mass is 1890 g/mol. The number of nitrogens with zero attached hydrogens (tertiary/aromatic N) is 15. The van der Waals surface area contributed by atoms with Crippen molar-refractivity contribution in [2.24, 2.45) is 35.5 Å². The molecule has 140 heavy (non-hydrogen) atoms. The molecule has 4 bridgehead atoms. The number of imidazole rings is 4. The molecule has 0 spiro atoms. The number of hydrogen-bond donors (Lipinski definition) is 2. The Balaban J connectivity index is 0.000000119. The lowest BCUT2D eigenvalue weighted by atomic mass is 9.65. The first-order valence-corrected chi connectivity index (χ1v) is 45.6. The summed E-state index contributed by atoms with van der Waals surface area (Å²) in [5.41, 5.74) is 10.4. The number of anilines is 2. The van der Waals surface area contributed by atoms with E-state index in [2.05, 4.69) is 74.6 Å². The Morgan fingerprint density at radius 1 is 0.329 bits per heavy atom. The zero-order valence-corrected chi connectivity index (χ0v) is 74.9. The molecule has 0 aliphatic heterocycles. The van der Waals surface area contributed by atoms with E-state index >= 15 is 0 Å². The third-order valence-electron chi connectivity index (χ3n) is 25.8. The SMILES string of the molecule is O=C(Cc1ccncc1F)c1ccc(-c2c(-c3ccc(F)cc3)ncn2Cc2ccncc2)o1.O=C(Cc1ccncc1F)c1ccc(-c2c(-c3ccc(F)cc3)ncn2Cc2ccncn2)o1.O=C(Nc1ccncc1F)c1ccc(-c2c(-c3ccc(F)cc3)ncn2CC2CC3CCC(C3)C2)o1.O=C(Nc1ccncc1F)c1ccc(-c2c(-c3ccc(F)cc3)ncn2CC2CC3CCC2CC3)o1. The zero-order chi connectivity index (χ0) is 96.3. The number of carbonyl (C=O) groups excluding carboxylic acids is 4. The third-order valence-corrected chi connectivity index (χ3v) is 25.8. The highest BCUT2D eigenvalue weighted by Gasteiger charge is 2.38. The summed E-state index contributed by atoms with van der Waals surface area (Å²) >= 11 is 0. The topological polar surface area (TPSA) is 306 Å². The molecular weight excluding hydrogens is 1800 g/mol. The number of pyridine rings is 5. The highest BCUT2D eigenvalue weighted by molar-refractivity contribution is 6.04. The lowest BCUT2D eigenvalue weighted by Crippen LogP contribution is -2.33. The molecule has 5 aliphatic carbocycles. The average molecular weight is 1890 g/mol. The molecule has 3 unspecified atom stereocenters. The normalized spacial score (nSPS) is 16.1. The number of nitrogens with one attached hydrogen (secondary N) is 2. The van der Waals surface area contributed by atoms with Gasteiger partial charge in [0.25, 0.3) is 11.8 Å². The van der Waals surface area contributed by atoms with Crippen LogP contribution in [-0.2, 0) is 39.0 Å². The molecule has 5 fully saturated rings. The number of aromatic nitrogens is 15. The lowest BCUT2D eigenvalue weighted by Gasteiger charge is -2.42. The number of carbonyl (C=O) groups is 4. The second-order valence-electron chi connectivity index (χ2n) is 35.0. The number of furan rings is 4. The van der Waals surface area contributed by atoms with Gasteiger partial charge in [0.2, 0.25) is 11.6 Å². The molecule has 5 aliphatic rings. The molecule has 0 saturated heterocycles. The van der Waals surface area contributed by atoms with Gasteiger partial charge in [-0.1, -0.05) is 25.7 Å². The molecule has 25 nitrogen and oxygen atoms in total. The van der Waals surface area contributed by atoms with E-state index in [1.165, 1.54) is 168 Å². The number of ketones is 2. The van der Waals surface area contributed by atoms with Crippen molar-refractivity contribution in [2.45, 2.75) is 103 Å². The van der Waals surface area contributed by atoms with Crippen LogP contribution in [0, 0.1) is 82.0 Å². The highest BCUT2D eigenvalue weighted by atomic mass is 19.2. The number of benzene rings is 4. The molecular formula is C107H87F8N17O8. The minimum atomic E-state index is -0.629. The fourth-order valence-electron chi connectivity index (χ4n) is 19.0. The second-order valence-corrected chi connectivity index (χ2v) is 35.0. The van der Waals surface area contributed by atoms with Crippen molar-refractivity contribution in [1.82, 2.24) is 73.1 Å². The molecule has 33 heteroatoms. The van der Waals surface area contributed by atoms with Gasteiger partial charge in [-0.15, -0.1) is 0 Å². The Bertz CT molecular complexity index is 7180. The Kier molecular flexibility index (Phi) is 27.7. The van der Waals surface area contributed by atoms with Crippen LogP contribution in [0.5, 0.6) is 0 Å². The van der Waals surface area contributed by atoms with Gasteiger partial charge in [-0.3, -0.25) is 44.1 Å². The van der Waals surface area contributed by atoms with Gasteiger partial charge in [-0.05, 0) is 279 Å². The van der Waals surface area contributed by atoms with E-state index in [1.807, 2.05) is 27.6 Å². The van der Waals surface area contributed by atoms with Crippen LogP contribution >= 0.6 is 0 Å². The largest absolute Gasteiger partial charge is 0.451 e. The summed E-state index contributed by atoms with van der Waals surface area (Å²) in [5, 5.41) is 5.05. The number of fused-ring (bicyclic) bond motifs is 5. The van der Waals surface area contributed by atoms with Crippen LogP contribution in [-0.4, -0.2) is 96.5 Å². The van der Waals surface area contributed by atoms with Crippen molar-refractivity contribution in [3.8, 4) is 90.8 Å². The number of Topliss-reactive ketones (excluding diaryl/α,β-unsaturated/α-hetero) is 2. The van der Waals surface area contributed by atoms with E-state index in [0.717, 1.165) is 89.4 Å². The Hall–Kier alpha value is -16.6. The fourth-order valence-corrected chi connectivity index (χ4v) is 19.0. The quantitative estimate of drug-likeness (QED) is 0.0376. The Morgan fingerprint density at radius 2 is 0.693 bits per heavy atom. The lowest BCUT2D eigenvalue weighted by molar-refractivity contribution is 0.0871. The first-order valence-electron chi connectivity index (χ1n) is 45.6. The van der Waals surface area contributed by atoms with Gasteiger partial charge < -0.3 is 46.6 Å². The summed E-state index contributed by atoms with van der Waals surface area (Å²) < 4.78 is 142. The number of hydrogen-bond acceptors (Lipinski definition) is 19. The van der Waals surface area contributed by atoms with Crippen molar-refractivity contribution < 1.29 is 72.0 Å². The predicted octanol–water partition coefficient (Wildman–Crippen LogP) is 23.2. The number of halogens is 8. The van der Waals surface area contributed by atoms with Gasteiger partial charge in [-0.25, -0.2) is 65.0 Å². The van der Waals surface area contributed by atoms with Crippen molar-refractivity contribution in [2.75, 3.05) is 10.6 Å². The van der Waals surface area contributed by atoms with Crippen molar-refractivity contribution in [3.63, 3.8) is 0 Å². The second kappa shape index (κ2) is 41.9. The molecule has 14 heterocycles. The molecule has 0 radical (unpaired) electrons. The maximum absolute atomic E-state index is 14.0. The summed E-state index contributed by atoms with van der Waals surface area (Å²) in [5.74, 6) is 0.753. The molecule has 23 rings (SSSR count). The summed E-state index contributed by atoms with van der Waals surface area (Å²) in [4.78, 5) is 96.5. The average Bonchev–Trinajstić information content (AvgIpc) is 1.63. The van der Waals surface area contributed by atoms with Gasteiger partial charge in [0.05, 0.1) is 96.5 Å². The van der Waals surface area contributed by atoms with E-state index in [9.17, 15) is 54.3 Å². The molecule has 14 aromatic heterocycles. The smallest absolute Gasteiger partial charge is 0.291 e. The van der Waals surface area contributed by atoms with Gasteiger partial charge in [-0.2, -0.15) is 0 Å². The zero-order valence-electron chi connectivity index (χ0n) is 74.9. The summed E-state index contributed by atoms with van der Waals surface area (Å²) in [6, 6.07) is 48.6. The molecule has 3 atom stereocenters. The maximum atomic E-state index is 14.0. The van der Waals surface area contributed by atoms with Gasteiger partial charge in [0.1, 0.15) is 64.0 Å². The summed E-state index contributed by atoms with van der Waals surface area (Å²) in [6.45, 7) is 2.48. The standard InChI is InChI=1S/2C28H26F2N4O2.C26H18F2N4O2.C25H17F2N5O2/c29-21-7-5-19(6-8-21)26-27(34(16-32-26)15-20-13-17-1-3-18(20)4-2-17)24-9-10-25(36-24)28(35)33-23-11-12-31-14-22(23)30;29-21-5-3-20(4-6-21)26-27(34(16-32-26)15-19-12-17-1-2-18(11-17)13-19)24-7-8-25(36-24)28(35)33-23-9-10-31-14-22(23)30;27-20-3-1-18(2-4-20)25-26(32(16-31-25)15-17-7-10-29-11-8-17)24-6-5-23(34-24)22(33)13-19-9-12-30-14-21(19)28;26-18-3-1-16(2-4-18)24-25(32(15-31-24)13-19-8-10-29-14-30-19)23-6-5-22(34-23)21(33)11-17-7-9-28-12-20(17)27/h5-12,14,16-18,20H,1-4,13,15H2,(H,31,33,35);3-10,14,16-19H,1-2,11-13,15H2,(H,31,33,35);1-12,14,16H,13,15H2;1-10,12,14-15H,11,13H2. The van der Waals surface area contributed by atoms with Gasteiger partial charge in [0.15, 0.2) is 57.7 Å². The van der Waals surface area contributed by atoms with Crippen molar-refractivity contribution >= 4 is 34.8 Å². The van der Waals surface area contributed by atoms with Crippen LogP contribution in [0.2, 0.25) is 0 Å². The Morgan fingerprint density at radius 3 is 1.09 bits per heavy atom. The predicted molar refractivity (Wildman–Crippen MR) is 502 cm³/mol. The Labute approximate surface area is 795 Å². The van der Waals surface area contributed by atoms with Crippen LogP contribution in [0.4, 0.5) is 46.5 Å². The van der Waals surface area contributed by atoms with Gasteiger partial charge in [0, 0.05) is 98.1 Å². The van der Waals surface area contributed by atoms with E-state index in [1.54, 1.807) is 141 Å². The number of amides is 2. The first-order chi connectivity index (χ1) is 68.2. The van der Waals surface area contributed by atoms with E-state index in [4.69, 9.17) is 17.7 Å². The molecule has 2 N–H and O–H groups in total. The van der Waals surface area contributed by atoms with Crippen LogP contribution < -0.4 is 10.6 Å². The fraction of sp³-hybridized carbons (Fsp3) is 0.206. The van der Waals surface area contributed by atoms with E-state index in [-0.39, 0.29) is 93.2 Å². The minimum Gasteiger partial charge on any atom is -0.451 e. The highest BCUT2D eigenvalue weighted by Crippen LogP contribution is 2.49. The van der Waals surface area contributed by atoms with Crippen LogP contribution in [0.15, 0.2) is 306 Å². The third kappa shape index (κ3) is 21.5. The van der Waals surface area contributed by atoms with Crippen molar-refractivity contribution in [3.05, 3.63) is 380 Å². The van der Waals surface area contributed by atoms with Crippen molar-refractivity contribution in [1.29, 1.82) is 0 Å². The summed E-state index contributed by atoms with van der Waals surface area (Å²) in [7, 11) is 0. The van der Waals surface area contributed by atoms with Crippen LogP contribution in [0.1, 0.15) is 129 Å². The molecule has 704 valence electrons. The molecule has 5 saturated carbocycles. The van der Waals surface area contributed by atoms with Gasteiger partial charge >= 0.3 is 0 Å². The summed E-state index contributed by atoms with van der Waals surface area (Å²) in [6.07, 6.45) is 35.8. The van der Waals surface area contributed by atoms with E-state index < -0.39 is 35.1 Å². The van der Waals surface area contributed by atoms with E-state index in [0.29, 0.717) is 99.2 Å². The molecule has 2 amide bonds. The molecule has 4 aromatic carbocycles. The molecule has 18 aromatic rings. The van der Waals surface area contributed by atoms with Crippen LogP contribution in [0.25, 0.3) is 90.8 Å². The number of rotatable bonds is 26. The first kappa shape index (κ1) is 92.5.